The van der Waals surface area contributed by atoms with Crippen LogP contribution in [0.4, 0.5) is 0 Å². The topological polar surface area (TPSA) is 55.9 Å². The number of nitrogens with one attached hydrogen (secondary N) is 1. The van der Waals surface area contributed by atoms with Crippen molar-refractivity contribution in [2.24, 2.45) is 11.8 Å². The van der Waals surface area contributed by atoms with E-state index in [1.165, 1.54) is 37.3 Å². The summed E-state index contributed by atoms with van der Waals surface area (Å²) in [5, 5.41) is 4.66. The molecule has 0 aliphatic carbocycles. The van der Waals surface area contributed by atoms with Crippen LogP contribution in [0.2, 0.25) is 5.02 Å². The van der Waals surface area contributed by atoms with Crippen LogP contribution < -0.4 is 5.32 Å². The van der Waals surface area contributed by atoms with Gasteiger partial charge in [-0.25, -0.2) is 0 Å². The fraction of sp³-hybridized carbons (Fsp3) is 0.600. The third-order valence-electron chi connectivity index (χ3n) is 7.14. The lowest BCUT2D eigenvalue weighted by molar-refractivity contribution is -0.135. The molecule has 2 amide bonds. The highest BCUT2D eigenvalue weighted by atomic mass is 35.5. The minimum atomic E-state index is -0.554. The molecule has 2 aliphatic rings. The lowest BCUT2D eigenvalue weighted by atomic mass is 9.79. The second-order valence-electron chi connectivity index (χ2n) is 9.88. The zero-order chi connectivity index (χ0) is 23.5. The Kier molecular flexibility index (Phi) is 9.64. The number of fused-ring (bicyclic) bond motifs is 1. The predicted molar refractivity (Wildman–Crippen MR) is 143 cm³/mol. The molecule has 2 aromatic rings. The number of halogens is 2. The Labute approximate surface area is 218 Å². The van der Waals surface area contributed by atoms with Crippen LogP contribution in [0.25, 0.3) is 10.1 Å². The van der Waals surface area contributed by atoms with Gasteiger partial charge in [-0.3, -0.25) is 9.59 Å². The van der Waals surface area contributed by atoms with E-state index < -0.39 is 6.04 Å². The molecular formula is C25H36Cl2N4O2S. The fourth-order valence-electron chi connectivity index (χ4n) is 5.21. The van der Waals surface area contributed by atoms with Gasteiger partial charge in [0.2, 0.25) is 5.91 Å². The van der Waals surface area contributed by atoms with E-state index in [4.69, 9.17) is 11.6 Å². The molecule has 0 saturated carbocycles. The molecule has 1 atom stereocenters. The van der Waals surface area contributed by atoms with E-state index in [1.54, 1.807) is 0 Å². The molecule has 9 heteroatoms. The third-order valence-corrected chi connectivity index (χ3v) is 8.47. The first-order chi connectivity index (χ1) is 15.8. The Morgan fingerprint density at radius 3 is 2.32 bits per heavy atom. The molecule has 2 fully saturated rings. The van der Waals surface area contributed by atoms with E-state index in [1.807, 2.05) is 48.2 Å². The van der Waals surface area contributed by atoms with Gasteiger partial charge in [-0.1, -0.05) is 17.7 Å². The maximum Gasteiger partial charge on any atom is 0.262 e. The molecule has 4 rings (SSSR count). The van der Waals surface area contributed by atoms with E-state index in [0.717, 1.165) is 47.9 Å². The van der Waals surface area contributed by atoms with Gasteiger partial charge in [0.25, 0.3) is 5.91 Å². The van der Waals surface area contributed by atoms with Gasteiger partial charge in [0.1, 0.15) is 6.04 Å². The monoisotopic (exact) mass is 526 g/mol. The lowest BCUT2D eigenvalue weighted by Crippen LogP contribution is -2.54. The Balaban J connectivity index is 0.00000324. The number of hydrogen-bond acceptors (Lipinski definition) is 5. The number of likely N-dealkylation sites (tertiary alicyclic amines) is 2. The molecule has 1 aromatic heterocycles. The number of amides is 2. The molecule has 6 nitrogen and oxygen atoms in total. The summed E-state index contributed by atoms with van der Waals surface area (Å²) in [5.74, 6) is 1.34. The van der Waals surface area contributed by atoms with Crippen LogP contribution in [-0.4, -0.2) is 86.4 Å². The molecule has 3 heterocycles. The van der Waals surface area contributed by atoms with E-state index in [-0.39, 0.29) is 24.2 Å². The number of piperidine rings is 2. The Morgan fingerprint density at radius 1 is 1.09 bits per heavy atom. The summed E-state index contributed by atoms with van der Waals surface area (Å²) in [6.45, 7) is 4.43. The van der Waals surface area contributed by atoms with Gasteiger partial charge in [-0.2, -0.15) is 0 Å². The molecule has 0 bridgehead atoms. The van der Waals surface area contributed by atoms with Crippen LogP contribution in [0, 0.1) is 11.8 Å². The maximum absolute atomic E-state index is 13.4. The molecule has 1 aromatic carbocycles. The standard InChI is InChI=1S/C25H35ClN4O2S.ClH/c1-28(2)16-21(27-24(31)23-14-19-4-5-20(26)15-22(19)33-23)25(32)30-12-8-18(9-13-30)17-6-10-29(3)11-7-17;/h4-5,14-15,17-18,21H,6-13,16H2,1-3H3,(H,27,31);1H/t21-;/m1./s1. The zero-order valence-corrected chi connectivity index (χ0v) is 22.6. The van der Waals surface area contributed by atoms with Crippen LogP contribution >= 0.6 is 35.3 Å². The molecule has 1 N–H and O–H groups in total. The van der Waals surface area contributed by atoms with E-state index >= 15 is 0 Å². The van der Waals surface area contributed by atoms with Crippen molar-refractivity contribution in [1.82, 2.24) is 20.0 Å². The number of likely N-dealkylation sites (N-methyl/N-ethyl adjacent to an activating group) is 1. The first-order valence-electron chi connectivity index (χ1n) is 11.9. The maximum atomic E-state index is 13.4. The number of nitrogens with zero attached hydrogens (tertiary/aromatic N) is 3. The van der Waals surface area contributed by atoms with E-state index in [2.05, 4.69) is 17.3 Å². The van der Waals surface area contributed by atoms with Crippen LogP contribution in [0.1, 0.15) is 35.4 Å². The SMILES string of the molecule is CN(C)C[C@@H](NC(=O)c1cc2ccc(Cl)cc2s1)C(=O)N1CCC(C2CCN(C)CC2)CC1.Cl. The minimum absolute atomic E-state index is 0. The highest BCUT2D eigenvalue weighted by Gasteiger charge is 2.33. The first-order valence-corrected chi connectivity index (χ1v) is 13.1. The molecule has 0 radical (unpaired) electrons. The summed E-state index contributed by atoms with van der Waals surface area (Å²) in [6.07, 6.45) is 4.68. The summed E-state index contributed by atoms with van der Waals surface area (Å²) >= 11 is 7.50. The molecule has 2 aliphatic heterocycles. The molecule has 2 saturated heterocycles. The number of rotatable bonds is 6. The largest absolute Gasteiger partial charge is 0.341 e. The van der Waals surface area contributed by atoms with Crippen LogP contribution in [0.3, 0.4) is 0 Å². The van der Waals surface area contributed by atoms with Gasteiger partial charge in [0, 0.05) is 29.4 Å². The van der Waals surface area contributed by atoms with Gasteiger partial charge in [0.15, 0.2) is 0 Å². The van der Waals surface area contributed by atoms with Crippen molar-refractivity contribution in [2.45, 2.75) is 31.7 Å². The third kappa shape index (κ3) is 6.64. The van der Waals surface area contributed by atoms with Crippen molar-refractivity contribution >= 4 is 57.2 Å². The fourth-order valence-corrected chi connectivity index (χ4v) is 6.45. The van der Waals surface area contributed by atoms with E-state index in [0.29, 0.717) is 16.4 Å². The average Bonchev–Trinajstić information content (AvgIpc) is 3.22. The Bertz CT molecular complexity index is 982. The summed E-state index contributed by atoms with van der Waals surface area (Å²) in [7, 11) is 6.06. The number of carbonyl (C=O) groups excluding carboxylic acids is 2. The van der Waals surface area contributed by atoms with Crippen LogP contribution in [0.5, 0.6) is 0 Å². The molecular weight excluding hydrogens is 491 g/mol. The minimum Gasteiger partial charge on any atom is -0.341 e. The van der Waals surface area contributed by atoms with Gasteiger partial charge in [-0.15, -0.1) is 23.7 Å². The quantitative estimate of drug-likeness (QED) is 0.612. The summed E-state index contributed by atoms with van der Waals surface area (Å²) in [5.41, 5.74) is 0. The highest BCUT2D eigenvalue weighted by molar-refractivity contribution is 7.20. The molecule has 188 valence electrons. The summed E-state index contributed by atoms with van der Waals surface area (Å²) < 4.78 is 0.971. The average molecular weight is 528 g/mol. The predicted octanol–water partition coefficient (Wildman–Crippen LogP) is 4.22. The van der Waals surface area contributed by atoms with Gasteiger partial charge in [-0.05, 0) is 95.3 Å². The van der Waals surface area contributed by atoms with Crippen LogP contribution in [0.15, 0.2) is 24.3 Å². The first kappa shape index (κ1) is 27.2. The van der Waals surface area contributed by atoms with Crippen molar-refractivity contribution in [2.75, 3.05) is 53.9 Å². The Hall–Kier alpha value is -1.38. The van der Waals surface area contributed by atoms with Gasteiger partial charge < -0.3 is 20.0 Å². The van der Waals surface area contributed by atoms with Crippen molar-refractivity contribution in [3.63, 3.8) is 0 Å². The number of carbonyl (C=O) groups is 2. The van der Waals surface area contributed by atoms with Crippen molar-refractivity contribution in [3.05, 3.63) is 34.2 Å². The van der Waals surface area contributed by atoms with Crippen molar-refractivity contribution in [3.8, 4) is 0 Å². The summed E-state index contributed by atoms with van der Waals surface area (Å²) in [4.78, 5) is 33.4. The molecule has 0 spiro atoms. The number of benzene rings is 1. The number of hydrogen-bond donors (Lipinski definition) is 1. The highest BCUT2D eigenvalue weighted by Crippen LogP contribution is 2.32. The van der Waals surface area contributed by atoms with Crippen molar-refractivity contribution in [1.29, 1.82) is 0 Å². The lowest BCUT2D eigenvalue weighted by Gasteiger charge is -2.40. The van der Waals surface area contributed by atoms with Gasteiger partial charge in [0.05, 0.1) is 4.88 Å². The molecule has 34 heavy (non-hydrogen) atoms. The second-order valence-corrected chi connectivity index (χ2v) is 11.4. The smallest absolute Gasteiger partial charge is 0.262 e. The number of thiophene rings is 1. The molecule has 0 unspecified atom stereocenters. The van der Waals surface area contributed by atoms with Crippen molar-refractivity contribution < 1.29 is 9.59 Å². The van der Waals surface area contributed by atoms with E-state index in [9.17, 15) is 9.59 Å². The second kappa shape index (κ2) is 12.0. The Morgan fingerprint density at radius 2 is 1.71 bits per heavy atom. The normalized spacial score (nSPS) is 19.3. The van der Waals surface area contributed by atoms with Gasteiger partial charge >= 0.3 is 0 Å². The zero-order valence-electron chi connectivity index (χ0n) is 20.3. The summed E-state index contributed by atoms with van der Waals surface area (Å²) in [6, 6.07) is 6.93. The van der Waals surface area contributed by atoms with Crippen LogP contribution in [-0.2, 0) is 4.79 Å².